The number of nitrogens with two attached hydrogens (primary N) is 1. The third-order valence-electron chi connectivity index (χ3n) is 2.40. The molecule has 0 aliphatic heterocycles. The number of hydrogen-bond donors (Lipinski definition) is 2. The molecule has 0 radical (unpaired) electrons. The summed E-state index contributed by atoms with van der Waals surface area (Å²) in [6.07, 6.45) is 3.46. The fourth-order valence-electron chi connectivity index (χ4n) is 1.55. The van der Waals surface area contributed by atoms with Crippen LogP contribution in [0.4, 0.5) is 0 Å². The number of amidine groups is 1. The van der Waals surface area contributed by atoms with Crippen molar-refractivity contribution in [2.45, 2.75) is 11.4 Å². The Hall–Kier alpha value is -1.95. The van der Waals surface area contributed by atoms with Crippen molar-refractivity contribution in [3.05, 3.63) is 48.5 Å². The fraction of sp³-hybridized carbons (Fsp3) is 0.167. The van der Waals surface area contributed by atoms with E-state index in [9.17, 15) is 0 Å². The molecule has 0 fully saturated rings. The lowest BCUT2D eigenvalue weighted by molar-refractivity contribution is 0.318. The lowest BCUT2D eigenvalue weighted by Gasteiger charge is -2.06. The van der Waals surface area contributed by atoms with Gasteiger partial charge >= 0.3 is 0 Å². The van der Waals surface area contributed by atoms with E-state index < -0.39 is 0 Å². The molecule has 5 nitrogen and oxygen atoms in total. The van der Waals surface area contributed by atoms with Crippen molar-refractivity contribution < 1.29 is 5.21 Å². The summed E-state index contributed by atoms with van der Waals surface area (Å²) in [5.41, 5.74) is 5.53. The highest BCUT2D eigenvalue weighted by Crippen LogP contribution is 2.17. The van der Waals surface area contributed by atoms with Gasteiger partial charge in [0, 0.05) is 29.6 Å². The molecule has 18 heavy (non-hydrogen) atoms. The molecule has 2 rings (SSSR count). The number of benzene rings is 1. The summed E-state index contributed by atoms with van der Waals surface area (Å²) < 4.78 is 1.87. The van der Waals surface area contributed by atoms with Crippen LogP contribution in [0.15, 0.2) is 52.8 Å². The summed E-state index contributed by atoms with van der Waals surface area (Å²) in [7, 11) is 0. The van der Waals surface area contributed by atoms with Gasteiger partial charge in [0.15, 0.2) is 5.82 Å². The molecule has 94 valence electrons. The van der Waals surface area contributed by atoms with Crippen molar-refractivity contribution >= 4 is 17.6 Å². The molecule has 0 spiro atoms. The lowest BCUT2D eigenvalue weighted by atomic mass is 10.4. The van der Waals surface area contributed by atoms with Gasteiger partial charge in [-0.05, 0) is 12.1 Å². The largest absolute Gasteiger partial charge is 0.409 e. The van der Waals surface area contributed by atoms with Gasteiger partial charge in [0.2, 0.25) is 5.84 Å². The molecule has 0 saturated carbocycles. The quantitative estimate of drug-likeness (QED) is 0.283. The van der Waals surface area contributed by atoms with Crippen LogP contribution >= 0.6 is 11.8 Å². The predicted octanol–water partition coefficient (Wildman–Crippen LogP) is 1.77. The average Bonchev–Trinajstić information content (AvgIpc) is 2.87. The second-order valence-electron chi connectivity index (χ2n) is 3.59. The maximum absolute atomic E-state index is 8.64. The number of imidazole rings is 1. The first kappa shape index (κ1) is 12.5. The molecule has 1 heterocycles. The zero-order chi connectivity index (χ0) is 12.8. The number of rotatable bonds is 5. The van der Waals surface area contributed by atoms with Gasteiger partial charge in [-0.25, -0.2) is 4.98 Å². The van der Waals surface area contributed by atoms with Gasteiger partial charge in [0.25, 0.3) is 0 Å². The van der Waals surface area contributed by atoms with E-state index in [1.54, 1.807) is 18.0 Å². The zero-order valence-corrected chi connectivity index (χ0v) is 10.5. The summed E-state index contributed by atoms with van der Waals surface area (Å²) in [5, 5.41) is 11.6. The van der Waals surface area contributed by atoms with E-state index in [0.29, 0.717) is 5.82 Å². The highest BCUT2D eigenvalue weighted by atomic mass is 32.2. The van der Waals surface area contributed by atoms with Crippen molar-refractivity contribution in [3.63, 3.8) is 0 Å². The number of oxime groups is 1. The number of aromatic nitrogens is 2. The normalized spacial score (nSPS) is 11.7. The van der Waals surface area contributed by atoms with E-state index >= 15 is 0 Å². The number of nitrogens with zero attached hydrogens (tertiary/aromatic N) is 3. The first-order valence-corrected chi connectivity index (χ1v) is 6.46. The van der Waals surface area contributed by atoms with Crippen LogP contribution in [-0.2, 0) is 6.54 Å². The van der Waals surface area contributed by atoms with Crippen molar-refractivity contribution in [3.8, 4) is 0 Å². The van der Waals surface area contributed by atoms with Crippen LogP contribution in [0.25, 0.3) is 0 Å². The molecule has 1 aromatic carbocycles. The van der Waals surface area contributed by atoms with E-state index in [-0.39, 0.29) is 5.84 Å². The monoisotopic (exact) mass is 262 g/mol. The second-order valence-corrected chi connectivity index (χ2v) is 4.76. The van der Waals surface area contributed by atoms with Crippen LogP contribution in [0.3, 0.4) is 0 Å². The molecule has 0 aliphatic rings. The predicted molar refractivity (Wildman–Crippen MR) is 71.9 cm³/mol. The molecule has 0 saturated heterocycles. The summed E-state index contributed by atoms with van der Waals surface area (Å²) >= 11 is 1.75. The van der Waals surface area contributed by atoms with Gasteiger partial charge in [-0.2, -0.15) is 0 Å². The molecular weight excluding hydrogens is 248 g/mol. The van der Waals surface area contributed by atoms with Crippen LogP contribution in [-0.4, -0.2) is 26.3 Å². The van der Waals surface area contributed by atoms with Crippen LogP contribution in [0.1, 0.15) is 5.82 Å². The van der Waals surface area contributed by atoms with Gasteiger partial charge in [-0.3, -0.25) is 0 Å². The molecule has 0 bridgehead atoms. The van der Waals surface area contributed by atoms with Crippen LogP contribution in [0, 0.1) is 0 Å². The molecular formula is C12H14N4OS. The highest BCUT2D eigenvalue weighted by molar-refractivity contribution is 7.99. The Bertz CT molecular complexity index is 524. The number of hydrogen-bond acceptors (Lipinski definition) is 4. The maximum atomic E-state index is 8.64. The van der Waals surface area contributed by atoms with Gasteiger partial charge in [-0.15, -0.1) is 11.8 Å². The average molecular weight is 262 g/mol. The van der Waals surface area contributed by atoms with Crippen LogP contribution < -0.4 is 5.73 Å². The highest BCUT2D eigenvalue weighted by Gasteiger charge is 2.07. The minimum absolute atomic E-state index is 0.0321. The molecule has 3 N–H and O–H groups in total. The van der Waals surface area contributed by atoms with E-state index in [4.69, 9.17) is 10.9 Å². The Morgan fingerprint density at radius 2 is 2.17 bits per heavy atom. The molecule has 2 aromatic rings. The summed E-state index contributed by atoms with van der Waals surface area (Å²) in [6.45, 7) is 0.755. The van der Waals surface area contributed by atoms with Gasteiger partial charge in [-0.1, -0.05) is 23.4 Å². The zero-order valence-electron chi connectivity index (χ0n) is 9.73. The molecule has 0 aliphatic carbocycles. The summed E-state index contributed by atoms with van der Waals surface area (Å²) in [4.78, 5) is 5.28. The Kier molecular flexibility index (Phi) is 4.25. The Balaban J connectivity index is 1.93. The Morgan fingerprint density at radius 3 is 2.89 bits per heavy atom. The van der Waals surface area contributed by atoms with Gasteiger partial charge in [0.1, 0.15) is 0 Å². The summed E-state index contributed by atoms with van der Waals surface area (Å²) in [5.74, 6) is 1.42. The maximum Gasteiger partial charge on any atom is 0.206 e. The van der Waals surface area contributed by atoms with Crippen molar-refractivity contribution in [1.82, 2.24) is 9.55 Å². The third kappa shape index (κ3) is 3.04. The number of aryl methyl sites for hydroxylation is 1. The number of thioether (sulfide) groups is 1. The Labute approximate surface area is 109 Å². The van der Waals surface area contributed by atoms with Crippen LogP contribution in [0.2, 0.25) is 0 Å². The van der Waals surface area contributed by atoms with E-state index in [0.717, 1.165) is 12.3 Å². The lowest BCUT2D eigenvalue weighted by Crippen LogP contribution is -2.20. The van der Waals surface area contributed by atoms with Crippen molar-refractivity contribution in [2.24, 2.45) is 10.9 Å². The van der Waals surface area contributed by atoms with Gasteiger partial charge in [0.05, 0.1) is 0 Å². The smallest absolute Gasteiger partial charge is 0.206 e. The molecule has 6 heteroatoms. The van der Waals surface area contributed by atoms with Crippen molar-refractivity contribution in [1.29, 1.82) is 0 Å². The van der Waals surface area contributed by atoms with Gasteiger partial charge < -0.3 is 15.5 Å². The van der Waals surface area contributed by atoms with Crippen molar-refractivity contribution in [2.75, 3.05) is 5.75 Å². The van der Waals surface area contributed by atoms with E-state index in [1.165, 1.54) is 4.90 Å². The summed E-state index contributed by atoms with van der Waals surface area (Å²) in [6, 6.07) is 10.2. The molecule has 0 unspecified atom stereocenters. The first-order chi connectivity index (χ1) is 8.81. The minimum Gasteiger partial charge on any atom is -0.409 e. The third-order valence-corrected chi connectivity index (χ3v) is 3.39. The van der Waals surface area contributed by atoms with E-state index in [2.05, 4.69) is 22.3 Å². The van der Waals surface area contributed by atoms with Crippen LogP contribution in [0.5, 0.6) is 0 Å². The second kappa shape index (κ2) is 6.11. The minimum atomic E-state index is 0.0321. The van der Waals surface area contributed by atoms with E-state index in [1.807, 2.05) is 29.0 Å². The Morgan fingerprint density at radius 1 is 1.39 bits per heavy atom. The molecule has 0 atom stereocenters. The molecule has 0 amide bonds. The SMILES string of the molecule is NC(=NO)c1nccn1CCSc1ccccc1. The first-order valence-electron chi connectivity index (χ1n) is 5.48. The fourth-order valence-corrected chi connectivity index (χ4v) is 2.42. The standard InChI is InChI=1S/C12H14N4OS/c13-11(15-17)12-14-6-7-16(12)8-9-18-10-4-2-1-3-5-10/h1-7,17H,8-9H2,(H2,13,15). The molecule has 1 aromatic heterocycles. The topological polar surface area (TPSA) is 76.4 Å².